The first-order chi connectivity index (χ1) is 15.0. The molecule has 1 aliphatic rings. The van der Waals surface area contributed by atoms with Gasteiger partial charge in [0, 0.05) is 12.1 Å². The second-order valence-corrected chi connectivity index (χ2v) is 9.72. The highest BCUT2D eigenvalue weighted by Crippen LogP contribution is 2.20. The van der Waals surface area contributed by atoms with Gasteiger partial charge in [-0.3, -0.25) is 0 Å². The lowest BCUT2D eigenvalue weighted by molar-refractivity contribution is -0.0134. The van der Waals surface area contributed by atoms with Crippen molar-refractivity contribution in [3.63, 3.8) is 0 Å². The van der Waals surface area contributed by atoms with Crippen molar-refractivity contribution in [3.8, 4) is 0 Å². The first-order valence-electron chi connectivity index (χ1n) is 13.2. The van der Waals surface area contributed by atoms with Gasteiger partial charge < -0.3 is 31.1 Å². The van der Waals surface area contributed by atoms with Gasteiger partial charge in [0.25, 0.3) is 0 Å². The highest BCUT2D eigenvalue weighted by molar-refractivity contribution is 5.01. The summed E-state index contributed by atoms with van der Waals surface area (Å²) in [6.07, 6.45) is 16.7. The first kappa shape index (κ1) is 28.8. The van der Waals surface area contributed by atoms with Crippen LogP contribution in [0, 0.1) is 0 Å². The van der Waals surface area contributed by atoms with Crippen LogP contribution in [0.2, 0.25) is 0 Å². The summed E-state index contributed by atoms with van der Waals surface area (Å²) in [7, 11) is 0. The van der Waals surface area contributed by atoms with Crippen molar-refractivity contribution in [1.29, 1.82) is 0 Å². The monoisotopic (exact) mass is 444 g/mol. The summed E-state index contributed by atoms with van der Waals surface area (Å²) in [4.78, 5) is 0. The second-order valence-electron chi connectivity index (χ2n) is 9.72. The van der Waals surface area contributed by atoms with Crippen LogP contribution in [-0.2, 0) is 0 Å². The van der Waals surface area contributed by atoms with Crippen LogP contribution < -0.4 is 10.6 Å². The summed E-state index contributed by atoms with van der Waals surface area (Å²) < 4.78 is 0. The summed E-state index contributed by atoms with van der Waals surface area (Å²) in [6.45, 7) is 4.89. The molecule has 1 heterocycles. The lowest BCUT2D eigenvalue weighted by Crippen LogP contribution is -2.46. The molecule has 0 aliphatic carbocycles. The molecule has 0 aromatic carbocycles. The Morgan fingerprint density at radius 2 is 1.26 bits per heavy atom. The van der Waals surface area contributed by atoms with Crippen LogP contribution in [0.5, 0.6) is 0 Å². The Balaban J connectivity index is 1.92. The van der Waals surface area contributed by atoms with Gasteiger partial charge in [0.1, 0.15) is 0 Å². The molecule has 1 fully saturated rings. The van der Waals surface area contributed by atoms with Crippen LogP contribution in [0.25, 0.3) is 0 Å². The maximum Gasteiger partial charge on any atom is 0.0993 e. The van der Waals surface area contributed by atoms with E-state index in [-0.39, 0.29) is 12.1 Å². The molecule has 0 saturated carbocycles. The van der Waals surface area contributed by atoms with E-state index >= 15 is 0 Å². The summed E-state index contributed by atoms with van der Waals surface area (Å²) in [6, 6.07) is -0.741. The van der Waals surface area contributed by atoms with E-state index in [4.69, 9.17) is 5.11 Å². The Hall–Kier alpha value is -0.240. The number of nitrogens with one attached hydrogen (secondary N) is 2. The maximum absolute atomic E-state index is 10.2. The Morgan fingerprint density at radius 1 is 0.774 bits per heavy atom. The minimum Gasteiger partial charge on any atom is -0.394 e. The predicted molar refractivity (Wildman–Crippen MR) is 128 cm³/mol. The smallest absolute Gasteiger partial charge is 0.0993 e. The van der Waals surface area contributed by atoms with Crippen molar-refractivity contribution in [1.82, 2.24) is 10.6 Å². The fourth-order valence-electron chi connectivity index (χ4n) is 4.69. The third kappa shape index (κ3) is 12.5. The molecular formula is C25H52N2O4. The number of aliphatic hydroxyl groups excluding tert-OH is 4. The van der Waals surface area contributed by atoms with Gasteiger partial charge in [-0.05, 0) is 26.3 Å². The van der Waals surface area contributed by atoms with E-state index in [9.17, 15) is 15.3 Å². The fraction of sp³-hybridized carbons (Fsp3) is 1.00. The van der Waals surface area contributed by atoms with E-state index in [0.717, 1.165) is 13.0 Å². The van der Waals surface area contributed by atoms with E-state index in [1.54, 1.807) is 0 Å². The van der Waals surface area contributed by atoms with Crippen LogP contribution >= 0.6 is 0 Å². The SMILES string of the molecule is CCCCCCCCCCCCCCCCNC(C)CC1N[C@@H]([C@H](O)CO)[C@H](O)[C@H]1O. The summed E-state index contributed by atoms with van der Waals surface area (Å²) in [5.74, 6) is 0. The molecule has 186 valence electrons. The molecule has 6 heteroatoms. The largest absolute Gasteiger partial charge is 0.394 e. The average Bonchev–Trinajstić information content (AvgIpc) is 3.04. The average molecular weight is 445 g/mol. The Kier molecular flexibility index (Phi) is 16.9. The van der Waals surface area contributed by atoms with Gasteiger partial charge in [0.15, 0.2) is 0 Å². The molecule has 6 atom stereocenters. The van der Waals surface area contributed by atoms with Crippen molar-refractivity contribution in [2.24, 2.45) is 0 Å². The van der Waals surface area contributed by atoms with E-state index in [1.807, 2.05) is 0 Å². The number of hydrogen-bond acceptors (Lipinski definition) is 6. The fourth-order valence-corrected chi connectivity index (χ4v) is 4.69. The van der Waals surface area contributed by atoms with Crippen LogP contribution in [0.3, 0.4) is 0 Å². The van der Waals surface area contributed by atoms with Crippen molar-refractivity contribution in [2.75, 3.05) is 13.2 Å². The molecule has 31 heavy (non-hydrogen) atoms. The first-order valence-corrected chi connectivity index (χ1v) is 13.2. The second kappa shape index (κ2) is 18.2. The van der Waals surface area contributed by atoms with Crippen molar-refractivity contribution in [3.05, 3.63) is 0 Å². The van der Waals surface area contributed by atoms with Gasteiger partial charge in [-0.15, -0.1) is 0 Å². The molecule has 0 aromatic rings. The maximum atomic E-state index is 10.2. The van der Waals surface area contributed by atoms with Gasteiger partial charge in [0.2, 0.25) is 0 Å². The quantitative estimate of drug-likeness (QED) is 0.161. The third-order valence-electron chi connectivity index (χ3n) is 6.77. The number of hydrogen-bond donors (Lipinski definition) is 6. The predicted octanol–water partition coefficient (Wildman–Crippen LogP) is 3.25. The van der Waals surface area contributed by atoms with Crippen LogP contribution in [0.1, 0.15) is 110 Å². The topological polar surface area (TPSA) is 105 Å². The molecule has 2 unspecified atom stereocenters. The highest BCUT2D eigenvalue weighted by Gasteiger charge is 2.44. The lowest BCUT2D eigenvalue weighted by atomic mass is 10.0. The third-order valence-corrected chi connectivity index (χ3v) is 6.77. The zero-order valence-electron chi connectivity index (χ0n) is 20.3. The molecule has 0 bridgehead atoms. The highest BCUT2D eigenvalue weighted by atomic mass is 16.3. The summed E-state index contributed by atoms with van der Waals surface area (Å²) in [5.41, 5.74) is 0. The van der Waals surface area contributed by atoms with E-state index in [1.165, 1.54) is 83.5 Å². The van der Waals surface area contributed by atoms with E-state index in [2.05, 4.69) is 24.5 Å². The molecule has 0 spiro atoms. The number of rotatable bonds is 20. The molecule has 0 amide bonds. The van der Waals surface area contributed by atoms with E-state index in [0.29, 0.717) is 6.42 Å². The van der Waals surface area contributed by atoms with Gasteiger partial charge in [-0.25, -0.2) is 0 Å². The molecule has 1 aliphatic heterocycles. The molecule has 1 rings (SSSR count). The van der Waals surface area contributed by atoms with Gasteiger partial charge in [0.05, 0.1) is 31.0 Å². The van der Waals surface area contributed by atoms with Crippen molar-refractivity contribution >= 4 is 0 Å². The van der Waals surface area contributed by atoms with Gasteiger partial charge in [-0.1, -0.05) is 90.4 Å². The number of aliphatic hydroxyl groups is 4. The van der Waals surface area contributed by atoms with Gasteiger partial charge >= 0.3 is 0 Å². The minimum atomic E-state index is -1.06. The Labute approximate surface area is 191 Å². The standard InChI is InChI=1S/C25H52N2O4/c1-3-4-5-6-7-8-9-10-11-12-13-14-15-16-17-26-20(2)18-21-24(30)25(31)23(27-21)22(29)19-28/h20-31H,3-19H2,1-2H3/t20?,21?,22-,23+,24+,25+/m1/s1. The Bertz CT molecular complexity index is 413. The van der Waals surface area contributed by atoms with Crippen LogP contribution in [-0.4, -0.2) is 70.0 Å². The summed E-state index contributed by atoms with van der Waals surface area (Å²) >= 11 is 0. The Morgan fingerprint density at radius 3 is 1.74 bits per heavy atom. The van der Waals surface area contributed by atoms with Gasteiger partial charge in [-0.2, -0.15) is 0 Å². The molecule has 0 radical (unpaired) electrons. The normalized spacial score (nSPS) is 25.7. The van der Waals surface area contributed by atoms with Crippen LogP contribution in [0.15, 0.2) is 0 Å². The minimum absolute atomic E-state index is 0.214. The lowest BCUT2D eigenvalue weighted by Gasteiger charge is -2.21. The van der Waals surface area contributed by atoms with Crippen molar-refractivity contribution in [2.45, 2.75) is 147 Å². The molecule has 0 aromatic heterocycles. The zero-order valence-corrected chi connectivity index (χ0v) is 20.3. The number of unbranched alkanes of at least 4 members (excludes halogenated alkanes) is 13. The zero-order chi connectivity index (χ0) is 22.9. The van der Waals surface area contributed by atoms with Crippen LogP contribution in [0.4, 0.5) is 0 Å². The molecular weight excluding hydrogens is 392 g/mol. The summed E-state index contributed by atoms with van der Waals surface area (Å²) in [5, 5.41) is 45.7. The molecule has 6 N–H and O–H groups in total. The van der Waals surface area contributed by atoms with E-state index < -0.39 is 31.0 Å². The molecule has 6 nitrogen and oxygen atoms in total. The molecule has 1 saturated heterocycles. The van der Waals surface area contributed by atoms with Crippen molar-refractivity contribution < 1.29 is 20.4 Å².